The zero-order valence-electron chi connectivity index (χ0n) is 17.1. The molecule has 1 aromatic heterocycles. The van der Waals surface area contributed by atoms with Gasteiger partial charge >= 0.3 is 0 Å². The van der Waals surface area contributed by atoms with E-state index < -0.39 is 0 Å². The molecule has 0 unspecified atom stereocenters. The van der Waals surface area contributed by atoms with Gasteiger partial charge in [0.1, 0.15) is 9.88 Å². The van der Waals surface area contributed by atoms with Crippen LogP contribution >= 0.6 is 23.7 Å². The molecule has 0 aliphatic carbocycles. The van der Waals surface area contributed by atoms with Crippen LogP contribution in [0.15, 0.2) is 18.2 Å². The molecule has 2 N–H and O–H groups in total. The fraction of sp³-hybridized carbons (Fsp3) is 0.524. The van der Waals surface area contributed by atoms with E-state index in [1.165, 1.54) is 22.5 Å². The average Bonchev–Trinajstić information content (AvgIpc) is 3.02. The Morgan fingerprint density at radius 2 is 2.00 bits per heavy atom. The van der Waals surface area contributed by atoms with Gasteiger partial charge in [-0.25, -0.2) is 4.98 Å². The maximum atomic E-state index is 12.8. The number of nitrogens with one attached hydrogen (secondary N) is 2. The molecule has 1 amide bonds. The lowest BCUT2D eigenvalue weighted by Gasteiger charge is -2.37. The van der Waals surface area contributed by atoms with Gasteiger partial charge in [0.25, 0.3) is 5.91 Å². The molecule has 5 nitrogen and oxygen atoms in total. The minimum absolute atomic E-state index is 0. The molecule has 1 saturated heterocycles. The van der Waals surface area contributed by atoms with Crippen molar-refractivity contribution < 1.29 is 9.53 Å². The maximum Gasteiger partial charge on any atom is 0.263 e. The van der Waals surface area contributed by atoms with Gasteiger partial charge in [-0.1, -0.05) is 23.8 Å². The summed E-state index contributed by atoms with van der Waals surface area (Å²) in [4.78, 5) is 18.2. The van der Waals surface area contributed by atoms with Gasteiger partial charge in [0, 0.05) is 24.6 Å². The number of hydrogen-bond acceptors (Lipinski definition) is 5. The van der Waals surface area contributed by atoms with Crippen molar-refractivity contribution in [3.05, 3.63) is 39.9 Å². The van der Waals surface area contributed by atoms with Crippen molar-refractivity contribution in [3.8, 4) is 10.6 Å². The molecule has 154 valence electrons. The van der Waals surface area contributed by atoms with E-state index in [4.69, 9.17) is 4.74 Å². The van der Waals surface area contributed by atoms with Gasteiger partial charge in [-0.15, -0.1) is 23.7 Å². The molecule has 2 heterocycles. The van der Waals surface area contributed by atoms with E-state index in [1.807, 2.05) is 6.92 Å². The van der Waals surface area contributed by atoms with Crippen molar-refractivity contribution in [2.75, 3.05) is 33.4 Å². The lowest BCUT2D eigenvalue weighted by atomic mass is 9.79. The number of aromatic nitrogens is 1. The number of thiazole rings is 1. The number of aryl methyl sites for hydroxylation is 3. The van der Waals surface area contributed by atoms with E-state index in [-0.39, 0.29) is 23.7 Å². The Balaban J connectivity index is 0.00000280. The molecule has 1 fully saturated rings. The summed E-state index contributed by atoms with van der Waals surface area (Å²) >= 11 is 1.47. The van der Waals surface area contributed by atoms with Gasteiger partial charge in [-0.2, -0.15) is 0 Å². The summed E-state index contributed by atoms with van der Waals surface area (Å²) in [7, 11) is 1.73. The molecular weight excluding hydrogens is 394 g/mol. The summed E-state index contributed by atoms with van der Waals surface area (Å²) in [5.41, 5.74) is 4.32. The minimum atomic E-state index is -0.0324. The molecule has 1 aromatic carbocycles. The number of methoxy groups -OCH3 is 1. The smallest absolute Gasteiger partial charge is 0.263 e. The van der Waals surface area contributed by atoms with E-state index in [2.05, 4.69) is 47.7 Å². The molecule has 1 aliphatic rings. The van der Waals surface area contributed by atoms with Crippen LogP contribution < -0.4 is 10.6 Å². The van der Waals surface area contributed by atoms with Crippen molar-refractivity contribution >= 4 is 29.7 Å². The molecule has 0 radical (unpaired) electrons. The standard InChI is InChI=1S/C21H29N3O2S.ClH/c1-14-5-6-17(15(2)11-14)20-24-16(3)18(27-20)19(25)23-12-21(13-26-4)7-9-22-10-8-21;/h5-6,11,22H,7-10,12-13H2,1-4H3,(H,23,25);1H. The number of halogens is 1. The second-order valence-corrected chi connectivity index (χ2v) is 8.62. The number of ether oxygens (including phenoxy) is 1. The van der Waals surface area contributed by atoms with Crippen LogP contribution in [0.25, 0.3) is 10.6 Å². The first kappa shape index (κ1) is 22.8. The molecule has 2 aromatic rings. The van der Waals surface area contributed by atoms with Crippen LogP contribution in [0.1, 0.15) is 39.3 Å². The number of benzene rings is 1. The average molecular weight is 424 g/mol. The summed E-state index contributed by atoms with van der Waals surface area (Å²) < 4.78 is 5.44. The quantitative estimate of drug-likeness (QED) is 0.739. The van der Waals surface area contributed by atoms with E-state index in [0.717, 1.165) is 42.2 Å². The second-order valence-electron chi connectivity index (χ2n) is 7.62. The highest BCUT2D eigenvalue weighted by Crippen LogP contribution is 2.32. The predicted octanol–water partition coefficient (Wildman–Crippen LogP) is 3.90. The summed E-state index contributed by atoms with van der Waals surface area (Å²) in [6.45, 7) is 9.32. The van der Waals surface area contributed by atoms with Gasteiger partial charge < -0.3 is 15.4 Å². The molecular formula is C21H30ClN3O2S. The third kappa shape index (κ3) is 5.11. The number of nitrogens with zero attached hydrogens (tertiary/aromatic N) is 1. The Morgan fingerprint density at radius 1 is 1.29 bits per heavy atom. The van der Waals surface area contributed by atoms with Crippen molar-refractivity contribution in [2.24, 2.45) is 5.41 Å². The van der Waals surface area contributed by atoms with Gasteiger partial charge in [0.05, 0.1) is 12.3 Å². The van der Waals surface area contributed by atoms with Crippen LogP contribution in [-0.2, 0) is 4.74 Å². The van der Waals surface area contributed by atoms with Crippen molar-refractivity contribution in [1.29, 1.82) is 0 Å². The van der Waals surface area contributed by atoms with Gasteiger partial charge in [0.15, 0.2) is 0 Å². The molecule has 0 bridgehead atoms. The van der Waals surface area contributed by atoms with Crippen LogP contribution in [0, 0.1) is 26.2 Å². The Kier molecular flexibility index (Phi) is 8.01. The number of amides is 1. The van der Waals surface area contributed by atoms with Crippen molar-refractivity contribution in [2.45, 2.75) is 33.6 Å². The first-order valence-corrected chi connectivity index (χ1v) is 10.3. The summed E-state index contributed by atoms with van der Waals surface area (Å²) in [6, 6.07) is 6.33. The van der Waals surface area contributed by atoms with Gasteiger partial charge in [-0.05, 0) is 52.3 Å². The van der Waals surface area contributed by atoms with Crippen molar-refractivity contribution in [1.82, 2.24) is 15.6 Å². The first-order valence-electron chi connectivity index (χ1n) is 9.47. The lowest BCUT2D eigenvalue weighted by Crippen LogP contribution is -2.47. The van der Waals surface area contributed by atoms with Crippen LogP contribution in [0.2, 0.25) is 0 Å². The fourth-order valence-electron chi connectivity index (χ4n) is 3.76. The third-order valence-corrected chi connectivity index (χ3v) is 6.54. The summed E-state index contributed by atoms with van der Waals surface area (Å²) in [5, 5.41) is 7.43. The second kappa shape index (κ2) is 9.83. The maximum absolute atomic E-state index is 12.8. The highest BCUT2D eigenvalue weighted by molar-refractivity contribution is 7.17. The van der Waals surface area contributed by atoms with E-state index in [0.29, 0.717) is 18.0 Å². The summed E-state index contributed by atoms with van der Waals surface area (Å²) in [5.74, 6) is -0.0324. The Bertz CT molecular complexity index is 810. The number of carbonyl (C=O) groups is 1. The fourth-order valence-corrected chi connectivity index (χ4v) is 4.83. The molecule has 0 spiro atoms. The monoisotopic (exact) mass is 423 g/mol. The van der Waals surface area contributed by atoms with Crippen LogP contribution in [0.4, 0.5) is 0 Å². The SMILES string of the molecule is COCC1(CNC(=O)c2sc(-c3ccc(C)cc3C)nc2C)CCNCC1.Cl. The van der Waals surface area contributed by atoms with Crippen molar-refractivity contribution in [3.63, 3.8) is 0 Å². The van der Waals surface area contributed by atoms with E-state index >= 15 is 0 Å². The molecule has 3 rings (SSSR count). The Labute approximate surface area is 177 Å². The predicted molar refractivity (Wildman–Crippen MR) is 118 cm³/mol. The van der Waals surface area contributed by atoms with E-state index in [9.17, 15) is 4.79 Å². The normalized spacial score (nSPS) is 15.7. The van der Waals surface area contributed by atoms with E-state index in [1.54, 1.807) is 7.11 Å². The molecule has 1 aliphatic heterocycles. The minimum Gasteiger partial charge on any atom is -0.384 e. The first-order chi connectivity index (χ1) is 12.9. The van der Waals surface area contributed by atoms with Gasteiger partial charge in [-0.3, -0.25) is 4.79 Å². The largest absolute Gasteiger partial charge is 0.384 e. The number of piperidine rings is 1. The topological polar surface area (TPSA) is 63.2 Å². The number of carbonyl (C=O) groups excluding carboxylic acids is 1. The molecule has 28 heavy (non-hydrogen) atoms. The number of rotatable bonds is 6. The highest BCUT2D eigenvalue weighted by Gasteiger charge is 2.33. The third-order valence-electron chi connectivity index (χ3n) is 5.35. The molecule has 0 atom stereocenters. The Hall–Kier alpha value is -1.47. The molecule has 0 saturated carbocycles. The van der Waals surface area contributed by atoms with Crippen LogP contribution in [0.5, 0.6) is 0 Å². The van der Waals surface area contributed by atoms with Crippen LogP contribution in [0.3, 0.4) is 0 Å². The lowest BCUT2D eigenvalue weighted by molar-refractivity contribution is 0.0512. The van der Waals surface area contributed by atoms with Gasteiger partial charge in [0.2, 0.25) is 0 Å². The highest BCUT2D eigenvalue weighted by atomic mass is 35.5. The number of hydrogen-bond donors (Lipinski definition) is 2. The summed E-state index contributed by atoms with van der Waals surface area (Å²) in [6.07, 6.45) is 2.02. The van der Waals surface area contributed by atoms with Crippen LogP contribution in [-0.4, -0.2) is 44.2 Å². The zero-order valence-corrected chi connectivity index (χ0v) is 18.7. The Morgan fingerprint density at radius 3 is 2.64 bits per heavy atom. The molecule has 7 heteroatoms. The zero-order chi connectivity index (χ0) is 19.4.